The van der Waals surface area contributed by atoms with Gasteiger partial charge in [-0.25, -0.2) is 4.39 Å². The molecule has 26 heavy (non-hydrogen) atoms. The molecule has 0 amide bonds. The predicted molar refractivity (Wildman–Crippen MR) is 110 cm³/mol. The van der Waals surface area contributed by atoms with E-state index >= 15 is 0 Å². The summed E-state index contributed by atoms with van der Waals surface area (Å²) in [6, 6.07) is 14.5. The summed E-state index contributed by atoms with van der Waals surface area (Å²) in [6.07, 6.45) is 11.7. The second kappa shape index (κ2) is 9.35. The van der Waals surface area contributed by atoms with Crippen LogP contribution in [-0.2, 0) is 6.42 Å². The van der Waals surface area contributed by atoms with E-state index in [9.17, 15) is 4.39 Å². The van der Waals surface area contributed by atoms with Crippen LogP contribution in [0.1, 0.15) is 82.3 Å². The Balaban J connectivity index is 1.59. The van der Waals surface area contributed by atoms with Gasteiger partial charge in [0.05, 0.1) is 0 Å². The maximum atomic E-state index is 14.1. The van der Waals surface area contributed by atoms with Crippen LogP contribution in [0.15, 0.2) is 42.5 Å². The summed E-state index contributed by atoms with van der Waals surface area (Å²) in [4.78, 5) is 0. The first kappa shape index (κ1) is 19.1. The molecule has 0 aliphatic heterocycles. The van der Waals surface area contributed by atoms with Gasteiger partial charge in [0.25, 0.3) is 0 Å². The van der Waals surface area contributed by atoms with Gasteiger partial charge in [-0.15, -0.1) is 0 Å². The molecule has 0 nitrogen and oxygen atoms in total. The highest BCUT2D eigenvalue weighted by atomic mass is 19.1. The number of unbranched alkanes of at least 4 members (excludes halogenated alkanes) is 2. The number of hydrogen-bond donors (Lipinski definition) is 0. The fourth-order valence-electron chi connectivity index (χ4n) is 4.43. The number of hydrogen-bond acceptors (Lipinski definition) is 0. The second-order valence-corrected chi connectivity index (χ2v) is 8.00. The zero-order valence-electron chi connectivity index (χ0n) is 16.4. The van der Waals surface area contributed by atoms with E-state index in [2.05, 4.69) is 31.2 Å². The Hall–Kier alpha value is -1.63. The van der Waals surface area contributed by atoms with Gasteiger partial charge in [0.1, 0.15) is 5.82 Å². The highest BCUT2D eigenvalue weighted by Gasteiger charge is 2.22. The molecule has 2 aromatic carbocycles. The molecule has 0 saturated heterocycles. The van der Waals surface area contributed by atoms with Crippen LogP contribution in [0, 0.1) is 11.7 Å². The van der Waals surface area contributed by atoms with Gasteiger partial charge < -0.3 is 0 Å². The van der Waals surface area contributed by atoms with Gasteiger partial charge in [-0.3, -0.25) is 0 Å². The van der Waals surface area contributed by atoms with Crippen molar-refractivity contribution in [2.75, 3.05) is 0 Å². The van der Waals surface area contributed by atoms with Gasteiger partial charge >= 0.3 is 0 Å². The standard InChI is InChI=1S/C25H33F/c1-3-5-6-7-19-8-10-21(11-9-19)22-13-15-23(16-14-22)24-17-12-20(4-2)25(26)18-24/h12-19,21H,3-11H2,1-2H3/t19-,21-. The predicted octanol–water partition coefficient (Wildman–Crippen LogP) is 7.91. The van der Waals surface area contributed by atoms with Crippen molar-refractivity contribution in [2.45, 2.75) is 77.6 Å². The largest absolute Gasteiger partial charge is 0.207 e. The third kappa shape index (κ3) is 4.75. The van der Waals surface area contributed by atoms with E-state index in [1.807, 2.05) is 19.1 Å². The molecule has 0 spiro atoms. The number of aryl methyl sites for hydroxylation is 1. The third-order valence-corrected chi connectivity index (χ3v) is 6.21. The molecule has 1 aliphatic rings. The molecule has 3 rings (SSSR count). The van der Waals surface area contributed by atoms with Gasteiger partial charge in [0.15, 0.2) is 0 Å². The third-order valence-electron chi connectivity index (χ3n) is 6.21. The summed E-state index contributed by atoms with van der Waals surface area (Å²) in [5.41, 5.74) is 4.35. The summed E-state index contributed by atoms with van der Waals surface area (Å²) in [7, 11) is 0. The normalized spacial score (nSPS) is 20.3. The average Bonchev–Trinajstić information content (AvgIpc) is 2.69. The monoisotopic (exact) mass is 352 g/mol. The summed E-state index contributed by atoms with van der Waals surface area (Å²) in [5.74, 6) is 1.58. The second-order valence-electron chi connectivity index (χ2n) is 8.00. The number of halogens is 1. The average molecular weight is 353 g/mol. The van der Waals surface area contributed by atoms with Gasteiger partial charge in [-0.05, 0) is 72.3 Å². The molecule has 0 atom stereocenters. The van der Waals surface area contributed by atoms with E-state index in [-0.39, 0.29) is 5.82 Å². The van der Waals surface area contributed by atoms with Crippen LogP contribution in [0.2, 0.25) is 0 Å². The van der Waals surface area contributed by atoms with Gasteiger partial charge in [-0.2, -0.15) is 0 Å². The quantitative estimate of drug-likeness (QED) is 0.444. The van der Waals surface area contributed by atoms with Crippen molar-refractivity contribution in [1.29, 1.82) is 0 Å². The highest BCUT2D eigenvalue weighted by molar-refractivity contribution is 5.64. The molecule has 0 N–H and O–H groups in total. The van der Waals surface area contributed by atoms with Crippen molar-refractivity contribution < 1.29 is 4.39 Å². The van der Waals surface area contributed by atoms with Crippen LogP contribution in [0.3, 0.4) is 0 Å². The first-order valence-corrected chi connectivity index (χ1v) is 10.6. The zero-order valence-corrected chi connectivity index (χ0v) is 16.4. The molecule has 1 aliphatic carbocycles. The van der Waals surface area contributed by atoms with E-state index in [1.54, 1.807) is 6.07 Å². The molecule has 2 aromatic rings. The Kier molecular flexibility index (Phi) is 6.88. The highest BCUT2D eigenvalue weighted by Crippen LogP contribution is 2.38. The van der Waals surface area contributed by atoms with E-state index in [0.717, 1.165) is 29.0 Å². The SMILES string of the molecule is CCCCC[C@H]1CC[C@H](c2ccc(-c3ccc(CC)c(F)c3)cc2)CC1. The molecule has 1 heteroatoms. The van der Waals surface area contributed by atoms with Crippen LogP contribution in [0.25, 0.3) is 11.1 Å². The Morgan fingerprint density at radius 1 is 0.846 bits per heavy atom. The minimum absolute atomic E-state index is 0.0875. The zero-order chi connectivity index (χ0) is 18.4. The number of rotatable bonds is 7. The maximum absolute atomic E-state index is 14.1. The van der Waals surface area contributed by atoms with Crippen molar-refractivity contribution in [2.24, 2.45) is 5.92 Å². The summed E-state index contributed by atoms with van der Waals surface area (Å²) in [5, 5.41) is 0. The lowest BCUT2D eigenvalue weighted by molar-refractivity contribution is 0.303. The Morgan fingerprint density at radius 2 is 1.54 bits per heavy atom. The van der Waals surface area contributed by atoms with Crippen LogP contribution >= 0.6 is 0 Å². The van der Waals surface area contributed by atoms with Crippen molar-refractivity contribution in [1.82, 2.24) is 0 Å². The summed E-state index contributed by atoms with van der Waals surface area (Å²) >= 11 is 0. The maximum Gasteiger partial charge on any atom is 0.127 e. The molecule has 1 fully saturated rings. The van der Waals surface area contributed by atoms with E-state index < -0.39 is 0 Å². The van der Waals surface area contributed by atoms with Crippen molar-refractivity contribution >= 4 is 0 Å². The van der Waals surface area contributed by atoms with Gasteiger partial charge in [-0.1, -0.05) is 75.9 Å². The van der Waals surface area contributed by atoms with Crippen LogP contribution in [0.4, 0.5) is 4.39 Å². The van der Waals surface area contributed by atoms with Gasteiger partial charge in [0, 0.05) is 0 Å². The first-order chi connectivity index (χ1) is 12.7. The Bertz CT molecular complexity index is 678. The van der Waals surface area contributed by atoms with E-state index in [0.29, 0.717) is 5.92 Å². The topological polar surface area (TPSA) is 0 Å². The molecule has 140 valence electrons. The lowest BCUT2D eigenvalue weighted by atomic mass is 9.77. The Labute approximate surface area is 158 Å². The lowest BCUT2D eigenvalue weighted by Gasteiger charge is -2.29. The smallest absolute Gasteiger partial charge is 0.127 e. The van der Waals surface area contributed by atoms with Crippen LogP contribution in [-0.4, -0.2) is 0 Å². The van der Waals surface area contributed by atoms with Gasteiger partial charge in [0.2, 0.25) is 0 Å². The number of benzene rings is 2. The Morgan fingerprint density at radius 3 is 2.15 bits per heavy atom. The minimum atomic E-state index is -0.0875. The summed E-state index contributed by atoms with van der Waals surface area (Å²) < 4.78 is 14.1. The fraction of sp³-hybridized carbons (Fsp3) is 0.520. The van der Waals surface area contributed by atoms with Crippen molar-refractivity contribution in [3.05, 3.63) is 59.4 Å². The van der Waals surface area contributed by atoms with Crippen molar-refractivity contribution in [3.8, 4) is 11.1 Å². The molecule has 0 aromatic heterocycles. The molecule has 0 heterocycles. The minimum Gasteiger partial charge on any atom is -0.207 e. The van der Waals surface area contributed by atoms with E-state index in [4.69, 9.17) is 0 Å². The summed E-state index contributed by atoms with van der Waals surface area (Å²) in [6.45, 7) is 4.28. The molecule has 0 radical (unpaired) electrons. The molecular formula is C25H33F. The lowest BCUT2D eigenvalue weighted by Crippen LogP contribution is -2.13. The van der Waals surface area contributed by atoms with Crippen molar-refractivity contribution in [3.63, 3.8) is 0 Å². The van der Waals surface area contributed by atoms with E-state index in [1.165, 1.54) is 56.9 Å². The molecule has 0 bridgehead atoms. The fourth-order valence-corrected chi connectivity index (χ4v) is 4.43. The molecular weight excluding hydrogens is 319 g/mol. The van der Waals surface area contributed by atoms with Crippen LogP contribution in [0.5, 0.6) is 0 Å². The van der Waals surface area contributed by atoms with Crippen LogP contribution < -0.4 is 0 Å². The first-order valence-electron chi connectivity index (χ1n) is 10.6. The molecule has 0 unspecified atom stereocenters. The molecule has 1 saturated carbocycles.